The zero-order chi connectivity index (χ0) is 26.4. The van der Waals surface area contributed by atoms with Crippen LogP contribution in [0.15, 0.2) is 71.6 Å². The summed E-state index contributed by atoms with van der Waals surface area (Å²) in [5, 5.41) is 2.20. The highest BCUT2D eigenvalue weighted by Gasteiger charge is 2.36. The molecule has 1 aliphatic rings. The highest BCUT2D eigenvalue weighted by atomic mass is 127. The van der Waals surface area contributed by atoms with Crippen molar-refractivity contribution < 1.29 is 23.9 Å². The van der Waals surface area contributed by atoms with Crippen molar-refractivity contribution in [1.29, 1.82) is 0 Å². The number of carbonyl (C=O) groups excluding carboxylic acids is 3. The number of benzene rings is 3. The number of aryl methyl sites for hydroxylation is 1. The van der Waals surface area contributed by atoms with E-state index in [2.05, 4.69) is 27.9 Å². The third-order valence-electron chi connectivity index (χ3n) is 5.50. The molecule has 0 atom stereocenters. The SMILES string of the molecule is CCOc1cc(/C=C2\SC(=O)N(CC(=O)Nc3ccccc3)C2=O)cc(I)c1OCc1ccccc1C. The van der Waals surface area contributed by atoms with Crippen LogP contribution >= 0.6 is 34.4 Å². The number of nitrogens with zero attached hydrogens (tertiary/aromatic N) is 1. The summed E-state index contributed by atoms with van der Waals surface area (Å²) in [7, 11) is 0. The van der Waals surface area contributed by atoms with E-state index >= 15 is 0 Å². The molecular formula is C28H25IN2O5S. The molecule has 0 bridgehead atoms. The first-order chi connectivity index (χ1) is 17.9. The second kappa shape index (κ2) is 12.3. The number of para-hydroxylation sites is 1. The number of halogens is 1. The van der Waals surface area contributed by atoms with Crippen LogP contribution in [0.2, 0.25) is 0 Å². The lowest BCUT2D eigenvalue weighted by molar-refractivity contribution is -0.127. The summed E-state index contributed by atoms with van der Waals surface area (Å²) in [5.74, 6) is 0.216. The van der Waals surface area contributed by atoms with Crippen molar-refractivity contribution in [2.24, 2.45) is 0 Å². The summed E-state index contributed by atoms with van der Waals surface area (Å²) in [6.07, 6.45) is 1.63. The van der Waals surface area contributed by atoms with Crippen LogP contribution in [0, 0.1) is 10.5 Å². The Labute approximate surface area is 233 Å². The molecule has 37 heavy (non-hydrogen) atoms. The van der Waals surface area contributed by atoms with Crippen LogP contribution in [0.1, 0.15) is 23.6 Å². The van der Waals surface area contributed by atoms with Gasteiger partial charge in [-0.05, 0) is 95.2 Å². The molecular weight excluding hydrogens is 603 g/mol. The predicted octanol–water partition coefficient (Wildman–Crippen LogP) is 6.25. The largest absolute Gasteiger partial charge is 0.490 e. The number of rotatable bonds is 9. The van der Waals surface area contributed by atoms with Crippen molar-refractivity contribution in [3.05, 3.63) is 91.9 Å². The minimum absolute atomic E-state index is 0.240. The van der Waals surface area contributed by atoms with Crippen molar-refractivity contribution in [1.82, 2.24) is 4.90 Å². The lowest BCUT2D eigenvalue weighted by Crippen LogP contribution is -2.36. The van der Waals surface area contributed by atoms with Gasteiger partial charge in [0.2, 0.25) is 5.91 Å². The number of nitrogens with one attached hydrogen (secondary N) is 1. The first kappa shape index (κ1) is 26.7. The molecule has 7 nitrogen and oxygen atoms in total. The Morgan fingerprint density at radius 3 is 2.51 bits per heavy atom. The zero-order valence-electron chi connectivity index (χ0n) is 20.3. The first-order valence-corrected chi connectivity index (χ1v) is 13.5. The third-order valence-corrected chi connectivity index (χ3v) is 7.20. The molecule has 190 valence electrons. The molecule has 0 radical (unpaired) electrons. The Kier molecular flexibility index (Phi) is 8.88. The highest BCUT2D eigenvalue weighted by Crippen LogP contribution is 2.38. The molecule has 1 fully saturated rings. The van der Waals surface area contributed by atoms with Crippen molar-refractivity contribution in [2.75, 3.05) is 18.5 Å². The zero-order valence-corrected chi connectivity index (χ0v) is 23.3. The number of hydrogen-bond acceptors (Lipinski definition) is 6. The molecule has 1 heterocycles. The number of amides is 3. The second-order valence-electron chi connectivity index (χ2n) is 8.16. The molecule has 3 amide bonds. The number of anilines is 1. The van der Waals surface area contributed by atoms with E-state index in [1.165, 1.54) is 0 Å². The van der Waals surface area contributed by atoms with Crippen LogP contribution in [0.5, 0.6) is 11.5 Å². The van der Waals surface area contributed by atoms with Crippen LogP contribution in [0.3, 0.4) is 0 Å². The average Bonchev–Trinajstić information content (AvgIpc) is 3.12. The van der Waals surface area contributed by atoms with Gasteiger partial charge < -0.3 is 14.8 Å². The standard InChI is InChI=1S/C28H25IN2O5S/c1-3-35-23-14-19(13-22(29)26(23)36-17-20-10-8-7-9-18(20)2)15-24-27(33)31(28(34)37-24)16-25(32)30-21-11-5-4-6-12-21/h4-15H,3,16-17H2,1-2H3,(H,30,32)/b24-15-. The molecule has 0 spiro atoms. The predicted molar refractivity (Wildman–Crippen MR) is 154 cm³/mol. The molecule has 4 rings (SSSR count). The van der Waals surface area contributed by atoms with E-state index in [1.54, 1.807) is 36.4 Å². The fourth-order valence-corrected chi connectivity index (χ4v) is 5.27. The second-order valence-corrected chi connectivity index (χ2v) is 10.3. The number of thioether (sulfide) groups is 1. The van der Waals surface area contributed by atoms with Gasteiger partial charge in [0.1, 0.15) is 13.2 Å². The van der Waals surface area contributed by atoms with Gasteiger partial charge in [0.05, 0.1) is 15.1 Å². The van der Waals surface area contributed by atoms with Gasteiger partial charge in [-0.2, -0.15) is 0 Å². The minimum atomic E-state index is -0.508. The molecule has 3 aromatic carbocycles. The van der Waals surface area contributed by atoms with Crippen LogP contribution in [-0.4, -0.2) is 35.1 Å². The van der Waals surface area contributed by atoms with E-state index in [0.717, 1.165) is 31.4 Å². The van der Waals surface area contributed by atoms with Crippen LogP contribution in [0.4, 0.5) is 10.5 Å². The van der Waals surface area contributed by atoms with Gasteiger partial charge >= 0.3 is 0 Å². The van der Waals surface area contributed by atoms with Gasteiger partial charge in [0, 0.05) is 5.69 Å². The quantitative estimate of drug-likeness (QED) is 0.223. The summed E-state index contributed by atoms with van der Waals surface area (Å²) in [4.78, 5) is 39.0. The fraction of sp³-hybridized carbons (Fsp3) is 0.179. The molecule has 0 aliphatic carbocycles. The molecule has 1 N–H and O–H groups in total. The van der Waals surface area contributed by atoms with E-state index in [-0.39, 0.29) is 11.4 Å². The number of hydrogen-bond donors (Lipinski definition) is 1. The topological polar surface area (TPSA) is 84.9 Å². The number of ether oxygens (including phenoxy) is 2. The van der Waals surface area contributed by atoms with Crippen molar-refractivity contribution in [2.45, 2.75) is 20.5 Å². The molecule has 1 aliphatic heterocycles. The molecule has 9 heteroatoms. The molecule has 0 saturated carbocycles. The van der Waals surface area contributed by atoms with E-state index < -0.39 is 17.1 Å². The maximum atomic E-state index is 12.9. The lowest BCUT2D eigenvalue weighted by atomic mass is 10.1. The monoisotopic (exact) mass is 628 g/mol. The van der Waals surface area contributed by atoms with Gasteiger partial charge in [-0.15, -0.1) is 0 Å². The normalized spacial score (nSPS) is 14.2. The van der Waals surface area contributed by atoms with E-state index in [1.807, 2.05) is 50.2 Å². The van der Waals surface area contributed by atoms with E-state index in [4.69, 9.17) is 9.47 Å². The van der Waals surface area contributed by atoms with Crippen LogP contribution < -0.4 is 14.8 Å². The maximum Gasteiger partial charge on any atom is 0.294 e. The van der Waals surface area contributed by atoms with Crippen molar-refractivity contribution >= 4 is 63.2 Å². The fourth-order valence-electron chi connectivity index (χ4n) is 3.65. The Morgan fingerprint density at radius 1 is 1.05 bits per heavy atom. The summed E-state index contributed by atoms with van der Waals surface area (Å²) in [6.45, 7) is 4.40. The Balaban J connectivity index is 1.50. The van der Waals surface area contributed by atoms with Crippen molar-refractivity contribution in [3.63, 3.8) is 0 Å². The summed E-state index contributed by atoms with van der Waals surface area (Å²) in [6, 6.07) is 20.5. The van der Waals surface area contributed by atoms with Gasteiger partial charge in [-0.1, -0.05) is 42.5 Å². The number of imide groups is 1. The summed E-state index contributed by atoms with van der Waals surface area (Å²) < 4.78 is 12.8. The van der Waals surface area contributed by atoms with Crippen LogP contribution in [-0.2, 0) is 16.2 Å². The molecule has 0 unspecified atom stereocenters. The van der Waals surface area contributed by atoms with E-state index in [0.29, 0.717) is 36.0 Å². The van der Waals surface area contributed by atoms with E-state index in [9.17, 15) is 14.4 Å². The molecule has 3 aromatic rings. The van der Waals surface area contributed by atoms with Crippen LogP contribution in [0.25, 0.3) is 6.08 Å². The van der Waals surface area contributed by atoms with Gasteiger partial charge in [0.25, 0.3) is 11.1 Å². The van der Waals surface area contributed by atoms with Gasteiger partial charge in [-0.25, -0.2) is 0 Å². The van der Waals surface area contributed by atoms with Crippen molar-refractivity contribution in [3.8, 4) is 11.5 Å². The lowest BCUT2D eigenvalue weighted by Gasteiger charge is -2.16. The third kappa shape index (κ3) is 6.72. The highest BCUT2D eigenvalue weighted by molar-refractivity contribution is 14.1. The maximum absolute atomic E-state index is 12.9. The average molecular weight is 628 g/mol. The molecule has 0 aromatic heterocycles. The smallest absolute Gasteiger partial charge is 0.294 e. The summed E-state index contributed by atoms with van der Waals surface area (Å²) >= 11 is 2.98. The van der Waals surface area contributed by atoms with Gasteiger partial charge in [0.15, 0.2) is 11.5 Å². The minimum Gasteiger partial charge on any atom is -0.490 e. The Morgan fingerprint density at radius 2 is 1.78 bits per heavy atom. The Hall–Kier alpha value is -3.31. The molecule has 1 saturated heterocycles. The first-order valence-electron chi connectivity index (χ1n) is 11.6. The van der Waals surface area contributed by atoms with Gasteiger partial charge in [-0.3, -0.25) is 19.3 Å². The summed E-state index contributed by atoms with van der Waals surface area (Å²) in [5.41, 5.74) is 3.50. The Bertz CT molecular complexity index is 1360. The number of carbonyl (C=O) groups is 3.